The molecule has 0 saturated carbocycles. The van der Waals surface area contributed by atoms with Crippen molar-refractivity contribution in [2.75, 3.05) is 0 Å². The van der Waals surface area contributed by atoms with Crippen molar-refractivity contribution in [1.29, 1.82) is 0 Å². The van der Waals surface area contributed by atoms with Crippen LogP contribution in [0.25, 0.3) is 22.4 Å². The van der Waals surface area contributed by atoms with E-state index in [1.54, 1.807) is 4.57 Å². The second-order valence-electron chi connectivity index (χ2n) is 4.50. The molecule has 3 rings (SSSR count). The summed E-state index contributed by atoms with van der Waals surface area (Å²) >= 11 is 1.47. The number of carbonyl (C=O) groups is 1. The number of imidazole rings is 1. The molecule has 21 heavy (non-hydrogen) atoms. The maximum absolute atomic E-state index is 13.4. The van der Waals surface area contributed by atoms with Crippen molar-refractivity contribution in [2.24, 2.45) is 0 Å². The van der Waals surface area contributed by atoms with Crippen LogP contribution in [0.3, 0.4) is 0 Å². The zero-order valence-corrected chi connectivity index (χ0v) is 11.5. The topological polar surface area (TPSA) is 55.1 Å². The molecule has 0 radical (unpaired) electrons. The van der Waals surface area contributed by atoms with Crippen LogP contribution in [-0.4, -0.2) is 20.6 Å². The highest BCUT2D eigenvalue weighted by Gasteiger charge is 2.16. The number of fused-ring (bicyclic) bond motifs is 1. The molecule has 0 aliphatic carbocycles. The van der Waals surface area contributed by atoms with Crippen LogP contribution in [0.15, 0.2) is 29.0 Å². The van der Waals surface area contributed by atoms with E-state index in [9.17, 15) is 13.6 Å². The number of hydrogen-bond acceptors (Lipinski definition) is 3. The summed E-state index contributed by atoms with van der Waals surface area (Å²) in [5, 5.41) is 12.5. The molecule has 3 aromatic rings. The number of rotatable bonds is 4. The predicted octanol–water partition coefficient (Wildman–Crippen LogP) is 3.52. The van der Waals surface area contributed by atoms with Gasteiger partial charge in [-0.1, -0.05) is 0 Å². The molecule has 0 fully saturated rings. The smallest absolute Gasteiger partial charge is 0.305 e. The number of aryl methyl sites for hydroxylation is 1. The molecule has 1 N–H and O–H groups in total. The molecular formula is C14H10F2N2O2S. The lowest BCUT2D eigenvalue weighted by Crippen LogP contribution is -2.06. The summed E-state index contributed by atoms with van der Waals surface area (Å²) < 4.78 is 28.4. The quantitative estimate of drug-likeness (QED) is 0.802. The van der Waals surface area contributed by atoms with Gasteiger partial charge < -0.3 is 9.67 Å². The number of benzene rings is 1. The van der Waals surface area contributed by atoms with Gasteiger partial charge in [-0.2, -0.15) is 11.3 Å². The first-order chi connectivity index (χ1) is 10.1. The van der Waals surface area contributed by atoms with Gasteiger partial charge in [0, 0.05) is 29.6 Å². The molecule has 0 unspecified atom stereocenters. The predicted molar refractivity (Wildman–Crippen MR) is 75.2 cm³/mol. The van der Waals surface area contributed by atoms with E-state index >= 15 is 0 Å². The Kier molecular flexibility index (Phi) is 3.42. The fraction of sp³-hybridized carbons (Fsp3) is 0.143. The second kappa shape index (κ2) is 5.25. The number of carboxylic acids is 1. The number of aliphatic carboxylic acids is 1. The largest absolute Gasteiger partial charge is 0.481 e. The number of thiophene rings is 1. The van der Waals surface area contributed by atoms with Crippen molar-refractivity contribution >= 4 is 28.3 Å². The summed E-state index contributed by atoms with van der Waals surface area (Å²) in [6, 6.07) is 3.91. The van der Waals surface area contributed by atoms with Crippen molar-refractivity contribution in [3.8, 4) is 11.4 Å². The number of carboxylic acid groups (broad SMARTS) is 1. The Morgan fingerprint density at radius 1 is 1.33 bits per heavy atom. The minimum atomic E-state index is -0.976. The van der Waals surface area contributed by atoms with Gasteiger partial charge in [-0.25, -0.2) is 13.8 Å². The maximum Gasteiger partial charge on any atom is 0.305 e. The molecule has 1 aromatic carbocycles. The van der Waals surface area contributed by atoms with Gasteiger partial charge >= 0.3 is 5.97 Å². The lowest BCUT2D eigenvalue weighted by atomic mass is 10.3. The lowest BCUT2D eigenvalue weighted by molar-refractivity contribution is -0.137. The minimum Gasteiger partial charge on any atom is -0.481 e. The van der Waals surface area contributed by atoms with E-state index in [1.807, 2.05) is 16.8 Å². The van der Waals surface area contributed by atoms with Crippen molar-refractivity contribution in [3.63, 3.8) is 0 Å². The highest BCUT2D eigenvalue weighted by atomic mass is 32.1. The Labute approximate surface area is 122 Å². The van der Waals surface area contributed by atoms with Crippen LogP contribution in [-0.2, 0) is 11.3 Å². The summed E-state index contributed by atoms with van der Waals surface area (Å²) in [5.74, 6) is -2.40. The van der Waals surface area contributed by atoms with Gasteiger partial charge in [0.15, 0.2) is 11.6 Å². The van der Waals surface area contributed by atoms with Gasteiger partial charge in [0.05, 0.1) is 17.5 Å². The summed E-state index contributed by atoms with van der Waals surface area (Å²) in [7, 11) is 0. The summed E-state index contributed by atoms with van der Waals surface area (Å²) in [4.78, 5) is 15.1. The Balaban J connectivity index is 2.20. The van der Waals surface area contributed by atoms with Crippen LogP contribution < -0.4 is 0 Å². The molecule has 0 atom stereocenters. The first-order valence-electron chi connectivity index (χ1n) is 6.16. The minimum absolute atomic E-state index is 0.123. The van der Waals surface area contributed by atoms with E-state index in [-0.39, 0.29) is 13.0 Å². The molecule has 0 saturated heterocycles. The first kappa shape index (κ1) is 13.7. The third-order valence-electron chi connectivity index (χ3n) is 3.12. The highest BCUT2D eigenvalue weighted by Crippen LogP contribution is 2.28. The van der Waals surface area contributed by atoms with Gasteiger partial charge in [-0.3, -0.25) is 4.79 Å². The summed E-state index contributed by atoms with van der Waals surface area (Å²) in [6.07, 6.45) is -0.123. The van der Waals surface area contributed by atoms with Gasteiger partial charge in [-0.15, -0.1) is 0 Å². The average molecular weight is 308 g/mol. The molecule has 0 aliphatic rings. The van der Waals surface area contributed by atoms with E-state index in [4.69, 9.17) is 5.11 Å². The van der Waals surface area contributed by atoms with Gasteiger partial charge in [0.1, 0.15) is 5.82 Å². The third-order valence-corrected chi connectivity index (χ3v) is 3.80. The van der Waals surface area contributed by atoms with Gasteiger partial charge in [0.2, 0.25) is 0 Å². The van der Waals surface area contributed by atoms with Gasteiger partial charge in [0.25, 0.3) is 0 Å². The Bertz CT molecular complexity index is 812. The van der Waals surface area contributed by atoms with Crippen LogP contribution >= 0.6 is 11.3 Å². The molecule has 2 aromatic heterocycles. The van der Waals surface area contributed by atoms with Crippen molar-refractivity contribution in [1.82, 2.24) is 9.55 Å². The van der Waals surface area contributed by atoms with Crippen molar-refractivity contribution in [2.45, 2.75) is 13.0 Å². The zero-order chi connectivity index (χ0) is 15.0. The highest BCUT2D eigenvalue weighted by molar-refractivity contribution is 7.08. The second-order valence-corrected chi connectivity index (χ2v) is 5.28. The standard InChI is InChI=1S/C14H10F2N2O2S/c15-9-5-11-12(6-10(9)16)18(3-1-13(19)20)14(17-11)8-2-4-21-7-8/h2,4-7H,1,3H2,(H,19,20). The monoisotopic (exact) mass is 308 g/mol. The molecule has 0 bridgehead atoms. The number of hydrogen-bond donors (Lipinski definition) is 1. The molecule has 0 aliphatic heterocycles. The number of aromatic nitrogens is 2. The van der Waals surface area contributed by atoms with Crippen LogP contribution in [0, 0.1) is 11.6 Å². The average Bonchev–Trinajstić information content (AvgIpc) is 3.04. The van der Waals surface area contributed by atoms with E-state index in [0.717, 1.165) is 17.7 Å². The molecule has 7 heteroatoms. The summed E-state index contributed by atoms with van der Waals surface area (Å²) in [6.45, 7) is 0.141. The number of halogens is 2. The van der Waals surface area contributed by atoms with Crippen molar-refractivity contribution in [3.05, 3.63) is 40.6 Å². The summed E-state index contributed by atoms with van der Waals surface area (Å²) in [5.41, 5.74) is 1.49. The van der Waals surface area contributed by atoms with E-state index < -0.39 is 17.6 Å². The zero-order valence-electron chi connectivity index (χ0n) is 10.7. The normalized spacial score (nSPS) is 11.1. The number of nitrogens with zero attached hydrogens (tertiary/aromatic N) is 2. The van der Waals surface area contributed by atoms with E-state index in [1.165, 1.54) is 11.3 Å². The fourth-order valence-electron chi connectivity index (χ4n) is 2.17. The molecule has 0 amide bonds. The molecule has 2 heterocycles. The maximum atomic E-state index is 13.4. The Morgan fingerprint density at radius 2 is 2.10 bits per heavy atom. The van der Waals surface area contributed by atoms with Crippen LogP contribution in [0.5, 0.6) is 0 Å². The lowest BCUT2D eigenvalue weighted by Gasteiger charge is -2.06. The Morgan fingerprint density at radius 3 is 2.76 bits per heavy atom. The van der Waals surface area contributed by atoms with E-state index in [0.29, 0.717) is 16.9 Å². The SMILES string of the molecule is O=C(O)CCn1c(-c2ccsc2)nc2cc(F)c(F)cc21. The molecule has 4 nitrogen and oxygen atoms in total. The fourth-order valence-corrected chi connectivity index (χ4v) is 2.80. The van der Waals surface area contributed by atoms with Crippen molar-refractivity contribution < 1.29 is 18.7 Å². The van der Waals surface area contributed by atoms with Crippen LogP contribution in [0.4, 0.5) is 8.78 Å². The third kappa shape index (κ3) is 2.52. The molecule has 0 spiro atoms. The van der Waals surface area contributed by atoms with Crippen LogP contribution in [0.1, 0.15) is 6.42 Å². The Hall–Kier alpha value is -2.28. The molecular weight excluding hydrogens is 298 g/mol. The van der Waals surface area contributed by atoms with Gasteiger partial charge in [-0.05, 0) is 11.4 Å². The van der Waals surface area contributed by atoms with E-state index in [2.05, 4.69) is 4.98 Å². The van der Waals surface area contributed by atoms with Crippen LogP contribution in [0.2, 0.25) is 0 Å². The molecule has 108 valence electrons. The first-order valence-corrected chi connectivity index (χ1v) is 7.10.